The molecule has 0 bridgehead atoms. The van der Waals surface area contributed by atoms with Gasteiger partial charge in [-0.1, -0.05) is 6.07 Å². The van der Waals surface area contributed by atoms with Gasteiger partial charge in [0.2, 0.25) is 5.91 Å². The highest BCUT2D eigenvalue weighted by molar-refractivity contribution is 7.10. The fraction of sp³-hybridized carbons (Fsp3) is 0.316. The molecule has 1 amide bonds. The SMILES string of the molecule is COc1ccc(C(C)=O)cc1COC(=O)CC(NC(C)=O)c1cccs1. The normalized spacial score (nSPS) is 11.5. The van der Waals surface area contributed by atoms with Crippen molar-refractivity contribution < 1.29 is 23.9 Å². The van der Waals surface area contributed by atoms with E-state index in [1.54, 1.807) is 18.2 Å². The minimum Gasteiger partial charge on any atom is -0.496 e. The molecule has 0 saturated heterocycles. The van der Waals surface area contributed by atoms with Gasteiger partial charge >= 0.3 is 5.97 Å². The Morgan fingerprint density at radius 2 is 1.96 bits per heavy atom. The molecule has 2 rings (SSSR count). The van der Waals surface area contributed by atoms with Crippen LogP contribution < -0.4 is 10.1 Å². The number of benzene rings is 1. The van der Waals surface area contributed by atoms with E-state index in [-0.39, 0.29) is 24.7 Å². The van der Waals surface area contributed by atoms with Gasteiger partial charge in [-0.25, -0.2) is 0 Å². The minimum atomic E-state index is -0.451. The third-order valence-electron chi connectivity index (χ3n) is 3.71. The number of carbonyl (C=O) groups is 3. The molecule has 1 N–H and O–H groups in total. The maximum atomic E-state index is 12.2. The lowest BCUT2D eigenvalue weighted by molar-refractivity contribution is -0.145. The van der Waals surface area contributed by atoms with E-state index in [9.17, 15) is 14.4 Å². The first-order chi connectivity index (χ1) is 12.4. The molecule has 0 aliphatic heterocycles. The largest absolute Gasteiger partial charge is 0.496 e. The smallest absolute Gasteiger partial charge is 0.308 e. The molecule has 0 aliphatic rings. The summed E-state index contributed by atoms with van der Waals surface area (Å²) in [7, 11) is 1.51. The zero-order valence-electron chi connectivity index (χ0n) is 14.9. The Kier molecular flexibility index (Phi) is 6.91. The molecule has 0 fully saturated rings. The third-order valence-corrected chi connectivity index (χ3v) is 4.70. The van der Waals surface area contributed by atoms with E-state index in [1.807, 2.05) is 17.5 Å². The number of ketones is 1. The van der Waals surface area contributed by atoms with Crippen molar-refractivity contribution in [3.8, 4) is 5.75 Å². The van der Waals surface area contributed by atoms with Crippen molar-refractivity contribution in [3.63, 3.8) is 0 Å². The molecule has 1 atom stereocenters. The van der Waals surface area contributed by atoms with Crippen LogP contribution in [0.4, 0.5) is 0 Å². The van der Waals surface area contributed by atoms with Crippen molar-refractivity contribution in [2.75, 3.05) is 7.11 Å². The number of carbonyl (C=O) groups excluding carboxylic acids is 3. The quantitative estimate of drug-likeness (QED) is 0.566. The number of esters is 1. The number of rotatable bonds is 8. The lowest BCUT2D eigenvalue weighted by atomic mass is 10.1. The number of methoxy groups -OCH3 is 1. The molecular formula is C19H21NO5S. The van der Waals surface area contributed by atoms with E-state index < -0.39 is 12.0 Å². The van der Waals surface area contributed by atoms with Crippen LogP contribution in [0.25, 0.3) is 0 Å². The first kappa shape index (κ1) is 19.7. The molecule has 6 nitrogen and oxygen atoms in total. The molecule has 7 heteroatoms. The van der Waals surface area contributed by atoms with Crippen molar-refractivity contribution in [1.82, 2.24) is 5.32 Å². The zero-order valence-corrected chi connectivity index (χ0v) is 15.7. The molecule has 0 radical (unpaired) electrons. The monoisotopic (exact) mass is 375 g/mol. The van der Waals surface area contributed by atoms with Crippen LogP contribution in [-0.4, -0.2) is 24.8 Å². The van der Waals surface area contributed by atoms with Crippen molar-refractivity contribution in [2.45, 2.75) is 32.9 Å². The lowest BCUT2D eigenvalue weighted by Gasteiger charge is -2.16. The van der Waals surface area contributed by atoms with Gasteiger partial charge in [-0.2, -0.15) is 0 Å². The summed E-state index contributed by atoms with van der Waals surface area (Å²) in [6.07, 6.45) is 0.0226. The summed E-state index contributed by atoms with van der Waals surface area (Å²) in [6.45, 7) is 2.86. The number of ether oxygens (including phenoxy) is 2. The Balaban J connectivity index is 2.04. The molecule has 2 aromatic rings. The molecule has 1 aromatic heterocycles. The van der Waals surface area contributed by atoms with Crippen LogP contribution in [-0.2, 0) is 20.9 Å². The van der Waals surface area contributed by atoms with Gasteiger partial charge in [-0.05, 0) is 36.6 Å². The van der Waals surface area contributed by atoms with E-state index in [2.05, 4.69) is 5.32 Å². The number of thiophene rings is 1. The molecule has 0 aliphatic carbocycles. The highest BCUT2D eigenvalue weighted by atomic mass is 32.1. The van der Waals surface area contributed by atoms with Gasteiger partial charge in [0, 0.05) is 22.9 Å². The number of hydrogen-bond donors (Lipinski definition) is 1. The van der Waals surface area contributed by atoms with Gasteiger partial charge in [0.05, 0.1) is 19.6 Å². The zero-order chi connectivity index (χ0) is 19.1. The molecule has 1 unspecified atom stereocenters. The molecule has 26 heavy (non-hydrogen) atoms. The Bertz CT molecular complexity index is 785. The second-order valence-corrected chi connectivity index (χ2v) is 6.70. The van der Waals surface area contributed by atoms with Crippen LogP contribution in [0.1, 0.15) is 47.1 Å². The summed E-state index contributed by atoms with van der Waals surface area (Å²) >= 11 is 1.46. The second-order valence-electron chi connectivity index (χ2n) is 5.72. The summed E-state index contributed by atoms with van der Waals surface area (Å²) in [5.41, 5.74) is 1.13. The number of nitrogens with one attached hydrogen (secondary N) is 1. The predicted octanol–water partition coefficient (Wildman–Crippen LogP) is 3.27. The van der Waals surface area contributed by atoms with Crippen LogP contribution in [0.3, 0.4) is 0 Å². The highest BCUT2D eigenvalue weighted by Crippen LogP contribution is 2.24. The maximum absolute atomic E-state index is 12.2. The summed E-state index contributed by atoms with van der Waals surface area (Å²) in [5.74, 6) is -0.206. The van der Waals surface area contributed by atoms with Crippen LogP contribution in [0, 0.1) is 0 Å². The fourth-order valence-corrected chi connectivity index (χ4v) is 3.23. The topological polar surface area (TPSA) is 81.7 Å². The molecule has 0 spiro atoms. The van der Waals surface area contributed by atoms with Gasteiger partial charge in [0.25, 0.3) is 0 Å². The van der Waals surface area contributed by atoms with Gasteiger partial charge in [-0.15, -0.1) is 11.3 Å². The number of Topliss-reactive ketones (excluding diaryl/α,β-unsaturated/α-hetero) is 1. The van der Waals surface area contributed by atoms with Crippen LogP contribution in [0.5, 0.6) is 5.75 Å². The van der Waals surface area contributed by atoms with E-state index in [0.717, 1.165) is 4.88 Å². The standard InChI is InChI=1S/C19H21NO5S/c1-12(21)14-6-7-17(24-3)15(9-14)11-25-19(23)10-16(20-13(2)22)18-5-4-8-26-18/h4-9,16H,10-11H2,1-3H3,(H,20,22). The van der Waals surface area contributed by atoms with E-state index in [0.29, 0.717) is 16.9 Å². The summed E-state index contributed by atoms with van der Waals surface area (Å²) < 4.78 is 10.6. The Morgan fingerprint density at radius 1 is 1.19 bits per heavy atom. The summed E-state index contributed by atoms with van der Waals surface area (Å²) in [5, 5.41) is 4.64. The van der Waals surface area contributed by atoms with E-state index >= 15 is 0 Å². The summed E-state index contributed by atoms with van der Waals surface area (Å²) in [4.78, 5) is 36.0. The highest BCUT2D eigenvalue weighted by Gasteiger charge is 2.19. The Hall–Kier alpha value is -2.67. The average Bonchev–Trinajstić information content (AvgIpc) is 3.13. The lowest BCUT2D eigenvalue weighted by Crippen LogP contribution is -2.28. The fourth-order valence-electron chi connectivity index (χ4n) is 2.45. The molecule has 1 heterocycles. The first-order valence-corrected chi connectivity index (χ1v) is 8.92. The van der Waals surface area contributed by atoms with Gasteiger partial charge in [0.15, 0.2) is 5.78 Å². The molecule has 0 saturated carbocycles. The van der Waals surface area contributed by atoms with Crippen molar-refractivity contribution in [1.29, 1.82) is 0 Å². The molecular weight excluding hydrogens is 354 g/mol. The minimum absolute atomic E-state index is 0.0135. The van der Waals surface area contributed by atoms with E-state index in [1.165, 1.54) is 32.3 Å². The first-order valence-electron chi connectivity index (χ1n) is 8.04. The van der Waals surface area contributed by atoms with Crippen LogP contribution >= 0.6 is 11.3 Å². The van der Waals surface area contributed by atoms with Gasteiger partial charge < -0.3 is 14.8 Å². The third kappa shape index (κ3) is 5.42. The van der Waals surface area contributed by atoms with Crippen molar-refractivity contribution >= 4 is 29.0 Å². The average molecular weight is 375 g/mol. The Labute approximate surface area is 156 Å². The Morgan fingerprint density at radius 3 is 2.54 bits per heavy atom. The van der Waals surface area contributed by atoms with Gasteiger partial charge in [-0.3, -0.25) is 14.4 Å². The number of amides is 1. The van der Waals surface area contributed by atoms with Gasteiger partial charge in [0.1, 0.15) is 12.4 Å². The second kappa shape index (κ2) is 9.15. The molecule has 1 aromatic carbocycles. The van der Waals surface area contributed by atoms with Crippen molar-refractivity contribution in [2.24, 2.45) is 0 Å². The summed E-state index contributed by atoms with van der Waals surface area (Å²) in [6, 6.07) is 8.28. The van der Waals surface area contributed by atoms with E-state index in [4.69, 9.17) is 9.47 Å². The predicted molar refractivity (Wildman–Crippen MR) is 98.3 cm³/mol. The number of hydrogen-bond acceptors (Lipinski definition) is 6. The maximum Gasteiger partial charge on any atom is 0.308 e. The van der Waals surface area contributed by atoms with Crippen LogP contribution in [0.15, 0.2) is 35.7 Å². The van der Waals surface area contributed by atoms with Crippen LogP contribution in [0.2, 0.25) is 0 Å². The van der Waals surface area contributed by atoms with Crippen molar-refractivity contribution in [3.05, 3.63) is 51.7 Å². The molecule has 138 valence electrons.